The summed E-state index contributed by atoms with van der Waals surface area (Å²) in [4.78, 5) is 0. The van der Waals surface area contributed by atoms with E-state index in [0.29, 0.717) is 0 Å². The molecular weight excluding hydrogens is 333 g/mol. The highest BCUT2D eigenvalue weighted by atomic mass is 32.5. The van der Waals surface area contributed by atoms with Crippen LogP contribution in [0, 0.1) is 4.52 Å². The Morgan fingerprint density at radius 2 is 1.16 bits per heavy atom. The van der Waals surface area contributed by atoms with Gasteiger partial charge >= 0.3 is 0 Å². The first-order valence-corrected chi connectivity index (χ1v) is 22.0. The molecule has 2 heterocycles. The van der Waals surface area contributed by atoms with E-state index in [0.717, 1.165) is 22.2 Å². The maximum Gasteiger partial charge on any atom is 0.142 e. The van der Waals surface area contributed by atoms with Gasteiger partial charge in [-0.25, -0.2) is 0 Å². The van der Waals surface area contributed by atoms with Gasteiger partial charge in [0.25, 0.3) is 0 Å². The zero-order chi connectivity index (χ0) is 14.6. The summed E-state index contributed by atoms with van der Waals surface area (Å²) in [6, 6.07) is 0. The van der Waals surface area contributed by atoms with Crippen molar-refractivity contribution in [2.45, 2.75) is 77.6 Å². The van der Waals surface area contributed by atoms with Gasteiger partial charge in [0.05, 0.1) is 0 Å². The van der Waals surface area contributed by atoms with Gasteiger partial charge in [-0.3, -0.25) is 0 Å². The van der Waals surface area contributed by atoms with Crippen LogP contribution in [-0.2, 0) is 0 Å². The van der Waals surface area contributed by atoms with Crippen LogP contribution in [-0.4, -0.2) is 28.2 Å². The monoisotopic (exact) mass is 360 g/mol. The van der Waals surface area contributed by atoms with Crippen LogP contribution in [0.2, 0.25) is 22.2 Å². The molecule has 19 heavy (non-hydrogen) atoms. The third-order valence-electron chi connectivity index (χ3n) is 4.83. The topological polar surface area (TPSA) is 0 Å². The van der Waals surface area contributed by atoms with Crippen LogP contribution in [0.3, 0.4) is 0 Å². The number of hydrogen-bond donors (Lipinski definition) is 0. The van der Waals surface area contributed by atoms with Crippen molar-refractivity contribution in [2.75, 3.05) is 0 Å². The summed E-state index contributed by atoms with van der Waals surface area (Å²) in [5, 5.41) is 0. The molecule has 0 saturated carbocycles. The zero-order valence-corrected chi connectivity index (χ0v) is 19.3. The fourth-order valence-electron chi connectivity index (χ4n) is 4.35. The van der Waals surface area contributed by atoms with Crippen molar-refractivity contribution < 1.29 is 0 Å². The van der Waals surface area contributed by atoms with Crippen LogP contribution in [0.1, 0.15) is 55.4 Å². The molecule has 108 valence electrons. The van der Waals surface area contributed by atoms with Crippen molar-refractivity contribution in [3.63, 3.8) is 0 Å². The Balaban J connectivity index is 2.56. The average Bonchev–Trinajstić information content (AvgIpc) is 2.54. The summed E-state index contributed by atoms with van der Waals surface area (Å²) in [6.07, 6.45) is -2.13. The number of rotatable bonds is 4. The Kier molecular flexibility index (Phi) is 4.76. The van der Waals surface area contributed by atoms with Crippen LogP contribution >= 0.6 is 21.8 Å². The molecule has 0 spiro atoms. The van der Waals surface area contributed by atoms with Crippen LogP contribution in [0.5, 0.6) is 0 Å². The summed E-state index contributed by atoms with van der Waals surface area (Å²) in [6.45, 7) is 20.5. The maximum absolute atomic E-state index is 3.81. The largest absolute Gasteiger partial charge is 0.161 e. The highest BCUT2D eigenvalue weighted by Crippen LogP contribution is 2.64. The van der Waals surface area contributed by atoms with Crippen LogP contribution < -0.4 is 0 Å². The molecule has 0 nitrogen and oxygen atoms in total. The first-order chi connectivity index (χ1) is 8.73. The van der Waals surface area contributed by atoms with Gasteiger partial charge in [0.2, 0.25) is 0 Å². The van der Waals surface area contributed by atoms with Gasteiger partial charge in [-0.05, 0) is 15.6 Å². The second kappa shape index (κ2) is 5.45. The molecule has 0 aromatic heterocycles. The predicted octanol–water partition coefficient (Wildman–Crippen LogP) is 5.23. The Hall–Kier alpha value is 1.22. The van der Waals surface area contributed by atoms with Gasteiger partial charge in [0, 0.05) is 15.7 Å². The van der Waals surface area contributed by atoms with Crippen molar-refractivity contribution in [3.05, 3.63) is 0 Å². The Labute approximate surface area is 131 Å². The summed E-state index contributed by atoms with van der Waals surface area (Å²) in [5.41, 5.74) is 4.03. The molecule has 0 bridgehead atoms. The van der Waals surface area contributed by atoms with Crippen LogP contribution in [0.25, 0.3) is 0 Å². The Bertz CT molecular complexity index is 426. The molecule has 0 N–H and O–H groups in total. The van der Waals surface area contributed by atoms with E-state index in [-0.39, 0.29) is 15.7 Å². The van der Waals surface area contributed by atoms with Gasteiger partial charge in [0.1, 0.15) is 12.5 Å². The zero-order valence-electron chi connectivity index (χ0n) is 13.6. The molecule has 2 aliphatic heterocycles. The van der Waals surface area contributed by atoms with E-state index in [1.54, 1.807) is 0 Å². The number of fused-ring (bicyclic) bond motifs is 1. The molecule has 0 aromatic rings. The minimum Gasteiger partial charge on any atom is -0.161 e. The fraction of sp³-hybridized carbons (Fsp3) is 0.923. The van der Waals surface area contributed by atoms with E-state index in [4.69, 9.17) is 0 Å². The first kappa shape index (κ1) is 16.6. The van der Waals surface area contributed by atoms with Crippen molar-refractivity contribution in [1.29, 1.82) is 0 Å². The normalized spacial score (nSPS) is 35.4. The van der Waals surface area contributed by atoms with E-state index in [1.165, 1.54) is 0 Å². The van der Waals surface area contributed by atoms with Gasteiger partial charge in [-0.2, -0.15) is 10.6 Å². The molecule has 2 atom stereocenters. The Morgan fingerprint density at radius 1 is 0.737 bits per heavy atom. The fourth-order valence-corrected chi connectivity index (χ4v) is 150. The summed E-state index contributed by atoms with van der Waals surface area (Å²) >= 11 is 2.32. The van der Waals surface area contributed by atoms with Gasteiger partial charge < -0.3 is 0 Å². The molecule has 1 fully saturated rings. The SMILES string of the molecule is CC(C)[Si]1[Si](C(C)C)[Si]2(C(C)C)S#CS[Si]12C(C)C. The van der Waals surface area contributed by atoms with E-state index in [1.807, 2.05) is 0 Å². The average molecular weight is 361 g/mol. The highest BCUT2D eigenvalue weighted by Gasteiger charge is 2.80. The molecule has 1 saturated heterocycles. The van der Waals surface area contributed by atoms with Gasteiger partial charge in [-0.1, -0.05) is 66.5 Å². The lowest BCUT2D eigenvalue weighted by atomic mass is 10.6. The molecule has 6 heteroatoms. The Morgan fingerprint density at radius 3 is 1.53 bits per heavy atom. The maximum atomic E-state index is 3.81. The third kappa shape index (κ3) is 1.94. The van der Waals surface area contributed by atoms with Crippen molar-refractivity contribution in [3.8, 4) is 4.52 Å². The first-order valence-electron chi connectivity index (χ1n) is 7.59. The van der Waals surface area contributed by atoms with E-state index in [9.17, 15) is 0 Å². The predicted molar refractivity (Wildman–Crippen MR) is 102 cm³/mol. The van der Waals surface area contributed by atoms with Crippen molar-refractivity contribution >= 4 is 50.0 Å². The van der Waals surface area contributed by atoms with E-state index >= 15 is 0 Å². The molecule has 2 rings (SSSR count). The lowest BCUT2D eigenvalue weighted by molar-refractivity contribution is 0.995. The second-order valence-electron chi connectivity index (χ2n) is 7.20. The smallest absolute Gasteiger partial charge is 0.142 e. The molecule has 2 aliphatic rings. The van der Waals surface area contributed by atoms with E-state index < -0.39 is 12.5 Å². The second-order valence-corrected chi connectivity index (χ2v) is 48.9. The summed E-state index contributed by atoms with van der Waals surface area (Å²) in [7, 11) is 2.20. The molecule has 2 radical (unpaired) electrons. The highest BCUT2D eigenvalue weighted by molar-refractivity contribution is 8.70. The minimum atomic E-state index is -1.06. The van der Waals surface area contributed by atoms with E-state index in [2.05, 4.69) is 81.7 Å². The lowest BCUT2D eigenvalue weighted by Gasteiger charge is -2.66. The molecule has 0 amide bonds. The summed E-state index contributed by atoms with van der Waals surface area (Å²) in [5.74, 6) is 0. The van der Waals surface area contributed by atoms with Crippen LogP contribution in [0.15, 0.2) is 0 Å². The molecule has 2 unspecified atom stereocenters. The molecule has 0 aromatic carbocycles. The molecular formula is C13H28S2Si4. The van der Waals surface area contributed by atoms with Gasteiger partial charge in [-0.15, -0.1) is 11.2 Å². The standard InChI is InChI=1S/C13H28S2Si4/c1-10(2)16-17(11(3)4)19(13(7)8)15-9-14-18(16,19)12(5)6/h10-13H,1-8H3. The number of hydrogen-bond acceptors (Lipinski definition) is 1. The third-order valence-corrected chi connectivity index (χ3v) is 99.0. The summed E-state index contributed by atoms with van der Waals surface area (Å²) < 4.78 is 3.81. The van der Waals surface area contributed by atoms with Crippen molar-refractivity contribution in [2.24, 2.45) is 0 Å². The van der Waals surface area contributed by atoms with Crippen LogP contribution in [0.4, 0.5) is 0 Å². The van der Waals surface area contributed by atoms with Crippen molar-refractivity contribution in [1.82, 2.24) is 0 Å². The minimum absolute atomic E-state index is 0.0574. The quantitative estimate of drug-likeness (QED) is 0.618. The molecule has 0 aliphatic carbocycles. The van der Waals surface area contributed by atoms with Gasteiger partial charge in [0.15, 0.2) is 0 Å². The lowest BCUT2D eigenvalue weighted by Crippen LogP contribution is -2.93.